The minimum atomic E-state index is -1.72. The molecule has 1 aromatic carbocycles. The van der Waals surface area contributed by atoms with Crippen molar-refractivity contribution in [3.8, 4) is 0 Å². The molecule has 17 heteroatoms. The predicted octanol–water partition coefficient (Wildman–Crippen LogP) is -1.05. The Morgan fingerprint density at radius 2 is 1.42 bits per heavy atom. The Labute approximate surface area is 257 Å². The molecule has 0 aliphatic heterocycles. The van der Waals surface area contributed by atoms with Gasteiger partial charge in [0.1, 0.15) is 18.7 Å². The van der Waals surface area contributed by atoms with Crippen LogP contribution in [0.5, 0.6) is 0 Å². The fourth-order valence-corrected chi connectivity index (χ4v) is 3.38. The van der Waals surface area contributed by atoms with Crippen molar-refractivity contribution < 1.29 is 62.5 Å². The lowest BCUT2D eigenvalue weighted by Crippen LogP contribution is -2.54. The highest BCUT2D eigenvalue weighted by atomic mass is 19.1. The number of rotatable bonds is 18. The first-order valence-electron chi connectivity index (χ1n) is 13.4. The first-order chi connectivity index (χ1) is 20.9. The van der Waals surface area contributed by atoms with Gasteiger partial charge in [-0.2, -0.15) is 4.39 Å². The standard InChI is InChI=1S/C26H34N4O11.C2H3FO/c1-13(2)21(24(37)29-17(25(38)39)11-20(33)34)30-19(32)9-8-15(27)22(35)18(31)10-16(28)23(36)26(40)41-12-14-6-4-3-5-7-14;1-2(3)4/h3-7,13,15-17,21H,8-12,27-28H2,1-2H3,(H,29,37)(H,30,32)(H,33,34)(H,38,39);1H3/t15-,16-,17-,21-;/m0./s1. The zero-order chi connectivity index (χ0) is 34.9. The molecule has 0 radical (unpaired) electrons. The summed E-state index contributed by atoms with van der Waals surface area (Å²) in [6.07, 6.45) is -2.43. The van der Waals surface area contributed by atoms with Crippen LogP contribution in [0.3, 0.4) is 0 Å². The molecule has 0 aliphatic carbocycles. The number of carbonyl (C=O) groups excluding carboxylic acids is 7. The van der Waals surface area contributed by atoms with Crippen molar-refractivity contribution in [1.29, 1.82) is 0 Å². The van der Waals surface area contributed by atoms with Gasteiger partial charge in [-0.05, 0) is 17.9 Å². The third-order valence-electron chi connectivity index (χ3n) is 5.71. The van der Waals surface area contributed by atoms with Gasteiger partial charge in [0.25, 0.3) is 11.8 Å². The van der Waals surface area contributed by atoms with E-state index in [-0.39, 0.29) is 13.0 Å². The smallest absolute Gasteiger partial charge is 0.376 e. The molecule has 0 aliphatic rings. The SMILES string of the molecule is CC(=O)F.CC(C)[C@H](NC(=O)CC[C@H](N)C(=O)C(=O)C[C@H](N)C(=O)C(=O)OCc1ccccc1)C(=O)N[C@@H](CC(=O)O)C(=O)O. The number of hydrogen-bond acceptors (Lipinski definition) is 12. The second-order valence-corrected chi connectivity index (χ2v) is 9.93. The van der Waals surface area contributed by atoms with Gasteiger partial charge in [0.15, 0.2) is 0 Å². The molecule has 45 heavy (non-hydrogen) atoms. The number of hydrogen-bond donors (Lipinski definition) is 6. The summed E-state index contributed by atoms with van der Waals surface area (Å²) in [7, 11) is 0. The lowest BCUT2D eigenvalue weighted by molar-refractivity contribution is -0.155. The molecule has 0 heterocycles. The largest absolute Gasteiger partial charge is 0.481 e. The third-order valence-corrected chi connectivity index (χ3v) is 5.71. The molecular weight excluding hydrogens is 603 g/mol. The van der Waals surface area contributed by atoms with Crippen LogP contribution in [-0.2, 0) is 54.5 Å². The summed E-state index contributed by atoms with van der Waals surface area (Å²) in [5.74, 6) is -9.99. The maximum Gasteiger partial charge on any atom is 0.376 e. The third kappa shape index (κ3) is 16.5. The fraction of sp³-hybridized carbons (Fsp3) is 0.464. The number of benzene rings is 1. The summed E-state index contributed by atoms with van der Waals surface area (Å²) in [6, 6.07) is 1.08. The Hall–Kier alpha value is -4.90. The monoisotopic (exact) mass is 640 g/mol. The van der Waals surface area contributed by atoms with Gasteiger partial charge in [-0.15, -0.1) is 0 Å². The molecule has 0 unspecified atom stereocenters. The second kappa shape index (κ2) is 20.1. The Morgan fingerprint density at radius 3 is 1.91 bits per heavy atom. The highest BCUT2D eigenvalue weighted by Gasteiger charge is 2.32. The van der Waals surface area contributed by atoms with Crippen molar-refractivity contribution in [1.82, 2.24) is 10.6 Å². The quantitative estimate of drug-likeness (QED) is 0.0634. The molecule has 0 bridgehead atoms. The number of carboxylic acids is 2. The molecule has 4 atom stereocenters. The highest BCUT2D eigenvalue weighted by molar-refractivity contribution is 6.41. The van der Waals surface area contributed by atoms with E-state index in [1.165, 1.54) is 0 Å². The van der Waals surface area contributed by atoms with Crippen molar-refractivity contribution in [3.05, 3.63) is 35.9 Å². The molecule has 1 rings (SSSR count). The highest BCUT2D eigenvalue weighted by Crippen LogP contribution is 2.07. The second-order valence-electron chi connectivity index (χ2n) is 9.93. The van der Waals surface area contributed by atoms with Crippen LogP contribution in [0.1, 0.15) is 52.0 Å². The van der Waals surface area contributed by atoms with Crippen molar-refractivity contribution in [2.75, 3.05) is 0 Å². The van der Waals surface area contributed by atoms with E-state index in [1.54, 1.807) is 44.2 Å². The average Bonchev–Trinajstić information content (AvgIpc) is 2.95. The minimum Gasteiger partial charge on any atom is -0.481 e. The molecule has 248 valence electrons. The summed E-state index contributed by atoms with van der Waals surface area (Å²) in [4.78, 5) is 104. The van der Waals surface area contributed by atoms with Gasteiger partial charge in [0.2, 0.25) is 23.4 Å². The Kier molecular flexibility index (Phi) is 17.9. The number of ether oxygens (including phenoxy) is 1. The number of carboxylic acid groups (broad SMARTS) is 2. The number of aliphatic carboxylic acids is 2. The number of amides is 2. The van der Waals surface area contributed by atoms with Crippen molar-refractivity contribution in [3.63, 3.8) is 0 Å². The number of halogens is 1. The predicted molar refractivity (Wildman–Crippen MR) is 151 cm³/mol. The van der Waals surface area contributed by atoms with Gasteiger partial charge >= 0.3 is 17.9 Å². The van der Waals surface area contributed by atoms with Crippen molar-refractivity contribution >= 4 is 53.1 Å². The molecule has 2 amide bonds. The van der Waals surface area contributed by atoms with Crippen LogP contribution in [0.15, 0.2) is 30.3 Å². The van der Waals surface area contributed by atoms with Crippen LogP contribution in [0.25, 0.3) is 0 Å². The van der Waals surface area contributed by atoms with Crippen molar-refractivity contribution in [2.45, 2.75) is 77.2 Å². The van der Waals surface area contributed by atoms with E-state index in [1.807, 2.05) is 0 Å². The maximum atomic E-state index is 12.5. The molecule has 0 fully saturated rings. The van der Waals surface area contributed by atoms with Crippen LogP contribution >= 0.6 is 0 Å². The number of carbonyl (C=O) groups is 9. The van der Waals surface area contributed by atoms with Crippen LogP contribution in [-0.4, -0.2) is 87.5 Å². The van der Waals surface area contributed by atoms with Gasteiger partial charge in [0.05, 0.1) is 18.5 Å². The first-order valence-corrected chi connectivity index (χ1v) is 13.4. The molecular formula is C28H37FN4O12. The van der Waals surface area contributed by atoms with Gasteiger partial charge in [0, 0.05) is 19.8 Å². The minimum absolute atomic E-state index is 0.195. The van der Waals surface area contributed by atoms with Gasteiger partial charge < -0.3 is 37.1 Å². The van der Waals surface area contributed by atoms with E-state index in [2.05, 4.69) is 10.6 Å². The molecule has 16 nitrogen and oxygen atoms in total. The zero-order valence-electron chi connectivity index (χ0n) is 24.8. The fourth-order valence-electron chi connectivity index (χ4n) is 3.38. The number of nitrogens with two attached hydrogens (primary N) is 2. The Balaban J connectivity index is 0.00000454. The number of esters is 1. The lowest BCUT2D eigenvalue weighted by atomic mass is 9.98. The summed E-state index contributed by atoms with van der Waals surface area (Å²) < 4.78 is 15.2. The maximum absolute atomic E-state index is 12.5. The number of Topliss-reactive ketones (excluding diaryl/α,β-unsaturated/α-hetero) is 3. The molecule has 8 N–H and O–H groups in total. The molecule has 1 aromatic rings. The number of ketones is 3. The van der Waals surface area contributed by atoms with E-state index in [0.29, 0.717) is 5.56 Å². The summed E-state index contributed by atoms with van der Waals surface area (Å²) in [6.45, 7) is 3.76. The van der Waals surface area contributed by atoms with E-state index in [0.717, 1.165) is 6.92 Å². The van der Waals surface area contributed by atoms with E-state index in [4.69, 9.17) is 31.2 Å². The molecule has 0 saturated carbocycles. The van der Waals surface area contributed by atoms with Crippen LogP contribution in [0, 0.1) is 5.92 Å². The zero-order valence-corrected chi connectivity index (χ0v) is 24.8. The van der Waals surface area contributed by atoms with E-state index >= 15 is 0 Å². The van der Waals surface area contributed by atoms with Crippen LogP contribution < -0.4 is 22.1 Å². The summed E-state index contributed by atoms with van der Waals surface area (Å²) in [5.41, 5.74) is 11.9. The van der Waals surface area contributed by atoms with Gasteiger partial charge in [-0.25, -0.2) is 9.59 Å². The lowest BCUT2D eigenvalue weighted by Gasteiger charge is -2.23. The number of nitrogens with one attached hydrogen (secondary N) is 2. The Morgan fingerprint density at radius 1 is 0.867 bits per heavy atom. The van der Waals surface area contributed by atoms with Gasteiger partial charge in [-0.1, -0.05) is 44.2 Å². The molecule has 0 spiro atoms. The van der Waals surface area contributed by atoms with Crippen LogP contribution in [0.4, 0.5) is 4.39 Å². The molecule has 0 saturated heterocycles. The molecule has 0 aromatic heterocycles. The topological polar surface area (TPSA) is 279 Å². The Bertz CT molecular complexity index is 1250. The first kappa shape index (κ1) is 40.1. The summed E-state index contributed by atoms with van der Waals surface area (Å²) in [5, 5.41) is 22.3. The van der Waals surface area contributed by atoms with Gasteiger partial charge in [-0.3, -0.25) is 33.6 Å². The van der Waals surface area contributed by atoms with E-state index < -0.39 is 102 Å². The normalized spacial score (nSPS) is 13.0. The van der Waals surface area contributed by atoms with E-state index in [9.17, 15) is 42.7 Å². The van der Waals surface area contributed by atoms with Crippen LogP contribution in [0.2, 0.25) is 0 Å². The van der Waals surface area contributed by atoms with Crippen molar-refractivity contribution in [2.24, 2.45) is 17.4 Å². The summed E-state index contributed by atoms with van der Waals surface area (Å²) >= 11 is 0. The average molecular weight is 641 g/mol.